The average Bonchev–Trinajstić information content (AvgIpc) is 2.62. The van der Waals surface area contributed by atoms with E-state index in [0.717, 1.165) is 61.7 Å². The third-order valence-electron chi connectivity index (χ3n) is 4.07. The Bertz CT molecular complexity index is 699. The Labute approximate surface area is 191 Å². The number of rotatable bonds is 9. The van der Waals surface area contributed by atoms with Crippen LogP contribution < -0.4 is 0 Å². The van der Waals surface area contributed by atoms with Crippen molar-refractivity contribution in [1.82, 2.24) is 0 Å². The van der Waals surface area contributed by atoms with Crippen LogP contribution in [0.5, 0.6) is 11.5 Å². The summed E-state index contributed by atoms with van der Waals surface area (Å²) in [6.07, 6.45) is 6.29. The molecule has 0 bridgehead atoms. The normalized spacial score (nSPS) is 11.1. The van der Waals surface area contributed by atoms with Crippen LogP contribution in [0.2, 0.25) is 0 Å². The van der Waals surface area contributed by atoms with E-state index in [1.54, 1.807) is 21.6 Å². The summed E-state index contributed by atoms with van der Waals surface area (Å²) in [5, 5.41) is 20.5. The van der Waals surface area contributed by atoms with E-state index in [0.29, 0.717) is 11.5 Å². The standard InChI is InChI=1S/C20H24I2O2S2/c1-3-5-7-13-9-15(10-14(19(13)23)8-6-4-2)25-26-16-11-17(21)20(24)18(22)12-16/h9-12,23-24H,3-8H2,1-2H3. The summed E-state index contributed by atoms with van der Waals surface area (Å²) < 4.78 is 1.74. The Morgan fingerprint density at radius 2 is 1.15 bits per heavy atom. The molecule has 0 amide bonds. The summed E-state index contributed by atoms with van der Waals surface area (Å²) >= 11 is 4.33. The number of phenols is 2. The van der Waals surface area contributed by atoms with Gasteiger partial charge in [0.15, 0.2) is 0 Å². The van der Waals surface area contributed by atoms with Gasteiger partial charge >= 0.3 is 0 Å². The van der Waals surface area contributed by atoms with Crippen molar-refractivity contribution in [2.75, 3.05) is 0 Å². The molecule has 2 N–H and O–H groups in total. The molecule has 2 nitrogen and oxygen atoms in total. The summed E-state index contributed by atoms with van der Waals surface area (Å²) in [5.41, 5.74) is 2.14. The first-order valence-corrected chi connectivity index (χ1v) is 13.1. The maximum absolute atomic E-state index is 10.6. The van der Waals surface area contributed by atoms with Crippen LogP contribution in [0.3, 0.4) is 0 Å². The molecule has 0 aliphatic rings. The van der Waals surface area contributed by atoms with Gasteiger partial charge in [0, 0.05) is 9.79 Å². The zero-order chi connectivity index (χ0) is 19.1. The Balaban J connectivity index is 2.21. The lowest BCUT2D eigenvalue weighted by Crippen LogP contribution is -1.93. The number of aryl methyl sites for hydroxylation is 2. The molecule has 0 atom stereocenters. The fraction of sp³-hybridized carbons (Fsp3) is 0.400. The van der Waals surface area contributed by atoms with Crippen molar-refractivity contribution in [2.45, 2.75) is 62.2 Å². The number of hydrogen-bond acceptors (Lipinski definition) is 4. The van der Waals surface area contributed by atoms with Gasteiger partial charge in [0.1, 0.15) is 11.5 Å². The lowest BCUT2D eigenvalue weighted by molar-refractivity contribution is 0.458. The van der Waals surface area contributed by atoms with E-state index in [-0.39, 0.29) is 0 Å². The van der Waals surface area contributed by atoms with Gasteiger partial charge in [0.05, 0.1) is 7.14 Å². The predicted octanol–water partition coefficient (Wildman–Crippen LogP) is 7.79. The molecule has 0 aromatic heterocycles. The Kier molecular flexibility index (Phi) is 9.74. The molecular formula is C20H24I2O2S2. The van der Waals surface area contributed by atoms with Gasteiger partial charge in [0.25, 0.3) is 0 Å². The van der Waals surface area contributed by atoms with Crippen LogP contribution in [0.15, 0.2) is 34.1 Å². The third-order valence-corrected chi connectivity index (χ3v) is 8.05. The molecule has 0 spiro atoms. The predicted molar refractivity (Wildman–Crippen MR) is 131 cm³/mol. The van der Waals surface area contributed by atoms with Gasteiger partial charge in [-0.2, -0.15) is 0 Å². The second-order valence-corrected chi connectivity index (χ2v) is 10.8. The lowest BCUT2D eigenvalue weighted by Gasteiger charge is -2.13. The van der Waals surface area contributed by atoms with Gasteiger partial charge in [-0.15, -0.1) is 0 Å². The molecule has 2 rings (SSSR count). The molecule has 0 aliphatic heterocycles. The van der Waals surface area contributed by atoms with Crippen LogP contribution in [0.25, 0.3) is 0 Å². The summed E-state index contributed by atoms with van der Waals surface area (Å²) in [4.78, 5) is 2.31. The monoisotopic (exact) mass is 614 g/mol. The molecule has 2 aromatic carbocycles. The number of phenolic OH excluding ortho intramolecular Hbond substituents is 2. The molecule has 26 heavy (non-hydrogen) atoms. The van der Waals surface area contributed by atoms with Gasteiger partial charge in [0.2, 0.25) is 0 Å². The molecule has 142 valence electrons. The largest absolute Gasteiger partial charge is 0.507 e. The second-order valence-electron chi connectivity index (χ2n) is 6.20. The molecule has 0 aliphatic carbocycles. The van der Waals surface area contributed by atoms with E-state index in [2.05, 4.69) is 71.2 Å². The van der Waals surface area contributed by atoms with E-state index in [1.807, 2.05) is 12.1 Å². The van der Waals surface area contributed by atoms with E-state index in [4.69, 9.17) is 0 Å². The minimum Gasteiger partial charge on any atom is -0.507 e. The second kappa shape index (κ2) is 11.3. The van der Waals surface area contributed by atoms with Crippen molar-refractivity contribution < 1.29 is 10.2 Å². The Hall–Kier alpha value is 0.200. The quantitative estimate of drug-likeness (QED) is 0.224. The minimum atomic E-state index is 0.355. The molecule has 2 aromatic rings. The van der Waals surface area contributed by atoms with Crippen LogP contribution in [0.4, 0.5) is 0 Å². The first-order valence-electron chi connectivity index (χ1n) is 8.83. The van der Waals surface area contributed by atoms with Crippen molar-refractivity contribution in [1.29, 1.82) is 0 Å². The van der Waals surface area contributed by atoms with Crippen LogP contribution in [0, 0.1) is 7.14 Å². The molecule has 0 radical (unpaired) electrons. The summed E-state index contributed by atoms with van der Waals surface area (Å²) in [7, 11) is 3.41. The van der Waals surface area contributed by atoms with Crippen molar-refractivity contribution in [3.63, 3.8) is 0 Å². The Morgan fingerprint density at radius 3 is 1.58 bits per heavy atom. The zero-order valence-electron chi connectivity index (χ0n) is 15.0. The highest BCUT2D eigenvalue weighted by atomic mass is 127. The number of benzene rings is 2. The molecule has 0 saturated heterocycles. The van der Waals surface area contributed by atoms with Crippen LogP contribution in [0.1, 0.15) is 50.7 Å². The molecule has 0 saturated carbocycles. The summed E-state index contributed by atoms with van der Waals surface area (Å²) in [6.45, 7) is 4.36. The third kappa shape index (κ3) is 6.38. The van der Waals surface area contributed by atoms with Gasteiger partial charge in [-0.1, -0.05) is 48.3 Å². The van der Waals surface area contributed by atoms with E-state index >= 15 is 0 Å². The maximum Gasteiger partial charge on any atom is 0.142 e. The van der Waals surface area contributed by atoms with Crippen molar-refractivity contribution >= 4 is 66.8 Å². The first-order chi connectivity index (χ1) is 12.5. The highest BCUT2D eigenvalue weighted by Gasteiger charge is 2.12. The van der Waals surface area contributed by atoms with E-state index in [1.165, 1.54) is 4.90 Å². The fourth-order valence-electron chi connectivity index (χ4n) is 2.58. The summed E-state index contributed by atoms with van der Waals surface area (Å²) in [5.74, 6) is 0.851. The number of aromatic hydroxyl groups is 2. The van der Waals surface area contributed by atoms with Crippen molar-refractivity contribution in [3.8, 4) is 11.5 Å². The topological polar surface area (TPSA) is 40.5 Å². The lowest BCUT2D eigenvalue weighted by atomic mass is 10.0. The molecule has 6 heteroatoms. The zero-order valence-corrected chi connectivity index (χ0v) is 21.0. The average molecular weight is 614 g/mol. The van der Waals surface area contributed by atoms with Gasteiger partial charge in [-0.05, 0) is 106 Å². The SMILES string of the molecule is CCCCc1cc(SSc2cc(I)c(O)c(I)c2)cc(CCCC)c1O. The van der Waals surface area contributed by atoms with Crippen molar-refractivity contribution in [2.24, 2.45) is 0 Å². The first kappa shape index (κ1) is 22.5. The Morgan fingerprint density at radius 1 is 0.731 bits per heavy atom. The van der Waals surface area contributed by atoms with Crippen LogP contribution >= 0.6 is 66.8 Å². The summed E-state index contributed by atoms with van der Waals surface area (Å²) in [6, 6.07) is 8.28. The van der Waals surface area contributed by atoms with Crippen LogP contribution in [-0.2, 0) is 12.8 Å². The maximum atomic E-state index is 10.6. The number of unbranched alkanes of at least 4 members (excludes halogenated alkanes) is 2. The number of halogens is 2. The van der Waals surface area contributed by atoms with Gasteiger partial charge in [-0.3, -0.25) is 0 Å². The highest BCUT2D eigenvalue weighted by molar-refractivity contribution is 14.1. The van der Waals surface area contributed by atoms with E-state index < -0.39 is 0 Å². The molecule has 0 unspecified atom stereocenters. The minimum absolute atomic E-state index is 0.355. The van der Waals surface area contributed by atoms with Gasteiger partial charge in [-0.25, -0.2) is 0 Å². The molecular weight excluding hydrogens is 590 g/mol. The smallest absolute Gasteiger partial charge is 0.142 e. The van der Waals surface area contributed by atoms with E-state index in [9.17, 15) is 10.2 Å². The molecule has 0 fully saturated rings. The highest BCUT2D eigenvalue weighted by Crippen LogP contribution is 2.42. The van der Waals surface area contributed by atoms with Crippen molar-refractivity contribution in [3.05, 3.63) is 42.5 Å². The fourth-order valence-corrected chi connectivity index (χ4v) is 6.83. The van der Waals surface area contributed by atoms with Crippen LogP contribution in [-0.4, -0.2) is 10.2 Å². The number of hydrogen-bond donors (Lipinski definition) is 2. The molecule has 0 heterocycles. The van der Waals surface area contributed by atoms with Gasteiger partial charge < -0.3 is 10.2 Å².